The Morgan fingerprint density at radius 3 is 2.66 bits per heavy atom. The van der Waals surface area contributed by atoms with Gasteiger partial charge >= 0.3 is 0 Å². The first-order valence-corrected chi connectivity index (χ1v) is 10.8. The van der Waals surface area contributed by atoms with Crippen molar-refractivity contribution in [2.75, 3.05) is 19.0 Å². The number of carbonyl (C=O) groups is 1. The Hall–Kier alpha value is -2.68. The summed E-state index contributed by atoms with van der Waals surface area (Å²) in [6.45, 7) is 4.85. The van der Waals surface area contributed by atoms with Crippen LogP contribution in [0, 0.1) is 0 Å². The van der Waals surface area contributed by atoms with Gasteiger partial charge in [0.15, 0.2) is 0 Å². The molecule has 154 valence electrons. The minimum absolute atomic E-state index is 0.0597. The molecule has 0 aliphatic carbocycles. The van der Waals surface area contributed by atoms with Crippen molar-refractivity contribution in [1.82, 2.24) is 9.29 Å². The molecular formula is C21H25N3O4S. The third-order valence-electron chi connectivity index (χ3n) is 4.36. The Morgan fingerprint density at radius 2 is 1.93 bits per heavy atom. The molecule has 29 heavy (non-hydrogen) atoms. The lowest BCUT2D eigenvalue weighted by Crippen LogP contribution is -2.30. The van der Waals surface area contributed by atoms with E-state index in [9.17, 15) is 13.2 Å². The van der Waals surface area contributed by atoms with E-state index in [1.165, 1.54) is 12.1 Å². The molecule has 2 aromatic carbocycles. The van der Waals surface area contributed by atoms with Gasteiger partial charge in [-0.1, -0.05) is 6.07 Å². The van der Waals surface area contributed by atoms with E-state index in [4.69, 9.17) is 4.74 Å². The fourth-order valence-corrected chi connectivity index (χ4v) is 4.35. The van der Waals surface area contributed by atoms with Crippen molar-refractivity contribution >= 4 is 32.5 Å². The molecule has 0 radical (unpaired) electrons. The molecule has 3 rings (SSSR count). The summed E-state index contributed by atoms with van der Waals surface area (Å²) in [6, 6.07) is 13.4. The molecule has 0 aliphatic rings. The Bertz CT molecular complexity index is 1120. The number of amides is 1. The van der Waals surface area contributed by atoms with Crippen LogP contribution >= 0.6 is 0 Å². The van der Waals surface area contributed by atoms with Crippen LogP contribution < -0.4 is 10.0 Å². The first kappa shape index (κ1) is 21.0. The second-order valence-electron chi connectivity index (χ2n) is 7.03. The van der Waals surface area contributed by atoms with Crippen LogP contribution in [0.15, 0.2) is 59.6 Å². The normalized spacial score (nSPS) is 11.9. The number of methoxy groups -OCH3 is 1. The van der Waals surface area contributed by atoms with Crippen molar-refractivity contribution in [3.05, 3.63) is 60.3 Å². The number of nitrogens with one attached hydrogen (secondary N) is 2. The van der Waals surface area contributed by atoms with Crippen LogP contribution in [0.1, 0.15) is 24.2 Å². The van der Waals surface area contributed by atoms with E-state index in [1.807, 2.05) is 30.5 Å². The lowest BCUT2D eigenvalue weighted by atomic mass is 10.2. The minimum Gasteiger partial charge on any atom is -0.383 e. The van der Waals surface area contributed by atoms with E-state index < -0.39 is 10.0 Å². The number of rotatable bonds is 8. The molecule has 0 aliphatic heterocycles. The van der Waals surface area contributed by atoms with E-state index in [2.05, 4.69) is 14.6 Å². The maximum Gasteiger partial charge on any atom is 0.255 e. The molecule has 1 amide bonds. The summed E-state index contributed by atoms with van der Waals surface area (Å²) in [5.41, 5.74) is 1.96. The molecule has 0 bridgehead atoms. The standard InChI is InChI=1S/C21H25N3O4S/c1-15(2)23-29(26,27)19-6-4-5-17(14-19)21(25)22-18-7-8-20-16(13-18)9-10-24(20)11-12-28-3/h4-10,13-15,23H,11-12H2,1-3H3,(H,22,25). The summed E-state index contributed by atoms with van der Waals surface area (Å²) >= 11 is 0. The number of fused-ring (bicyclic) bond motifs is 1. The second kappa shape index (κ2) is 8.77. The maximum atomic E-state index is 12.7. The van der Waals surface area contributed by atoms with Gasteiger partial charge in [-0.2, -0.15) is 0 Å². The molecule has 0 saturated carbocycles. The predicted molar refractivity (Wildman–Crippen MR) is 114 cm³/mol. The first-order valence-electron chi connectivity index (χ1n) is 9.32. The number of carbonyl (C=O) groups excluding carboxylic acids is 1. The highest BCUT2D eigenvalue weighted by atomic mass is 32.2. The van der Waals surface area contributed by atoms with Gasteiger partial charge in [-0.25, -0.2) is 13.1 Å². The SMILES string of the molecule is COCCn1ccc2cc(NC(=O)c3cccc(S(=O)(=O)NC(C)C)c3)ccc21. The van der Waals surface area contributed by atoms with Gasteiger partial charge in [0, 0.05) is 48.0 Å². The third-order valence-corrected chi connectivity index (χ3v) is 6.02. The number of anilines is 1. The molecule has 0 atom stereocenters. The van der Waals surface area contributed by atoms with Crippen molar-refractivity contribution in [2.24, 2.45) is 0 Å². The fraction of sp³-hybridized carbons (Fsp3) is 0.286. The Balaban J connectivity index is 1.79. The van der Waals surface area contributed by atoms with Crippen LogP contribution in [-0.2, 0) is 21.3 Å². The minimum atomic E-state index is -3.67. The van der Waals surface area contributed by atoms with Gasteiger partial charge in [0.2, 0.25) is 10.0 Å². The highest BCUT2D eigenvalue weighted by molar-refractivity contribution is 7.89. The monoisotopic (exact) mass is 415 g/mol. The average molecular weight is 416 g/mol. The van der Waals surface area contributed by atoms with Crippen molar-refractivity contribution < 1.29 is 17.9 Å². The number of sulfonamides is 1. The van der Waals surface area contributed by atoms with Crippen LogP contribution in [0.25, 0.3) is 10.9 Å². The number of aromatic nitrogens is 1. The molecular weight excluding hydrogens is 390 g/mol. The predicted octanol–water partition coefficient (Wildman–Crippen LogP) is 3.23. The Kier molecular flexibility index (Phi) is 6.36. The lowest BCUT2D eigenvalue weighted by Gasteiger charge is -2.11. The zero-order valence-electron chi connectivity index (χ0n) is 16.7. The second-order valence-corrected chi connectivity index (χ2v) is 8.75. The highest BCUT2D eigenvalue weighted by Crippen LogP contribution is 2.21. The molecule has 3 aromatic rings. The Labute approximate surface area is 170 Å². The van der Waals surface area contributed by atoms with Crippen molar-refractivity contribution in [3.63, 3.8) is 0 Å². The van der Waals surface area contributed by atoms with Crippen LogP contribution in [-0.4, -0.2) is 38.7 Å². The van der Waals surface area contributed by atoms with Crippen LogP contribution in [0.3, 0.4) is 0 Å². The van der Waals surface area contributed by atoms with Crippen molar-refractivity contribution in [2.45, 2.75) is 31.3 Å². The quantitative estimate of drug-likeness (QED) is 0.591. The van der Waals surface area contributed by atoms with Gasteiger partial charge in [-0.15, -0.1) is 0 Å². The van der Waals surface area contributed by atoms with E-state index in [1.54, 1.807) is 33.1 Å². The maximum absolute atomic E-state index is 12.7. The summed E-state index contributed by atoms with van der Waals surface area (Å²) in [4.78, 5) is 12.7. The number of hydrogen-bond acceptors (Lipinski definition) is 4. The zero-order valence-corrected chi connectivity index (χ0v) is 17.5. The number of nitrogens with zero attached hydrogens (tertiary/aromatic N) is 1. The summed E-state index contributed by atoms with van der Waals surface area (Å²) < 4.78 is 34.4. The van der Waals surface area contributed by atoms with Gasteiger partial charge in [-0.05, 0) is 56.3 Å². The zero-order chi connectivity index (χ0) is 21.0. The Morgan fingerprint density at radius 1 is 1.14 bits per heavy atom. The van der Waals surface area contributed by atoms with Gasteiger partial charge in [-0.3, -0.25) is 4.79 Å². The lowest BCUT2D eigenvalue weighted by molar-refractivity contribution is 0.102. The summed E-state index contributed by atoms with van der Waals surface area (Å²) in [5.74, 6) is -0.371. The molecule has 0 spiro atoms. The van der Waals surface area contributed by atoms with Gasteiger partial charge in [0.05, 0.1) is 11.5 Å². The summed E-state index contributed by atoms with van der Waals surface area (Å²) in [5, 5.41) is 3.83. The van der Waals surface area contributed by atoms with Gasteiger partial charge in [0.25, 0.3) is 5.91 Å². The molecule has 0 fully saturated rings. The largest absolute Gasteiger partial charge is 0.383 e. The van der Waals surface area contributed by atoms with E-state index >= 15 is 0 Å². The molecule has 0 unspecified atom stereocenters. The number of ether oxygens (including phenoxy) is 1. The van der Waals surface area contributed by atoms with Gasteiger partial charge in [0.1, 0.15) is 0 Å². The van der Waals surface area contributed by atoms with E-state index in [-0.39, 0.29) is 22.4 Å². The first-order chi connectivity index (χ1) is 13.8. The van der Waals surface area contributed by atoms with Crippen LogP contribution in [0.5, 0.6) is 0 Å². The van der Waals surface area contributed by atoms with E-state index in [0.717, 1.165) is 17.4 Å². The summed E-state index contributed by atoms with van der Waals surface area (Å²) in [6.07, 6.45) is 1.98. The van der Waals surface area contributed by atoms with E-state index in [0.29, 0.717) is 12.3 Å². The van der Waals surface area contributed by atoms with Crippen molar-refractivity contribution in [1.29, 1.82) is 0 Å². The molecule has 1 heterocycles. The highest BCUT2D eigenvalue weighted by Gasteiger charge is 2.17. The third kappa shape index (κ3) is 5.03. The topological polar surface area (TPSA) is 89.4 Å². The van der Waals surface area contributed by atoms with Crippen LogP contribution in [0.4, 0.5) is 5.69 Å². The molecule has 0 saturated heterocycles. The number of hydrogen-bond donors (Lipinski definition) is 2. The molecule has 2 N–H and O–H groups in total. The molecule has 8 heteroatoms. The molecule has 1 aromatic heterocycles. The number of benzene rings is 2. The van der Waals surface area contributed by atoms with Crippen molar-refractivity contribution in [3.8, 4) is 0 Å². The average Bonchev–Trinajstić information content (AvgIpc) is 3.07. The smallest absolute Gasteiger partial charge is 0.255 e. The summed E-state index contributed by atoms with van der Waals surface area (Å²) in [7, 11) is -2.00. The molecule has 7 nitrogen and oxygen atoms in total. The van der Waals surface area contributed by atoms with Crippen LogP contribution in [0.2, 0.25) is 0 Å². The van der Waals surface area contributed by atoms with Gasteiger partial charge < -0.3 is 14.6 Å². The fourth-order valence-electron chi connectivity index (χ4n) is 3.05.